The van der Waals surface area contributed by atoms with Crippen LogP contribution >= 0.6 is 0 Å². The van der Waals surface area contributed by atoms with E-state index in [0.717, 1.165) is 6.26 Å². The van der Waals surface area contributed by atoms with Gasteiger partial charge in [0.2, 0.25) is 0 Å². The van der Waals surface area contributed by atoms with Crippen molar-refractivity contribution in [1.29, 1.82) is 0 Å². The van der Waals surface area contributed by atoms with E-state index in [-0.39, 0.29) is 23.8 Å². The zero-order valence-corrected chi connectivity index (χ0v) is 11.7. The molecule has 7 heteroatoms. The molecule has 1 aromatic carbocycles. The van der Waals surface area contributed by atoms with Crippen molar-refractivity contribution in [1.82, 2.24) is 0 Å². The van der Waals surface area contributed by atoms with Gasteiger partial charge in [0.05, 0.1) is 5.75 Å². The van der Waals surface area contributed by atoms with Gasteiger partial charge in [0.1, 0.15) is 15.7 Å². The molecule has 0 amide bonds. The van der Waals surface area contributed by atoms with Gasteiger partial charge in [-0.3, -0.25) is 4.21 Å². The second-order valence-corrected chi connectivity index (χ2v) is 7.93. The van der Waals surface area contributed by atoms with Gasteiger partial charge < -0.3 is 5.73 Å². The van der Waals surface area contributed by atoms with Gasteiger partial charge in [-0.2, -0.15) is 0 Å². The standard InChI is InChI=1S/C11H16FNO3S2/c1-18(15,16)3-2-17(14)8-10-4-9(7-13)5-11(12)6-10/h4-6H,2-3,7-8,13H2,1H3. The number of hydrogen-bond donors (Lipinski definition) is 1. The zero-order chi connectivity index (χ0) is 13.8. The van der Waals surface area contributed by atoms with Crippen molar-refractivity contribution < 1.29 is 17.0 Å². The molecule has 2 N–H and O–H groups in total. The molecular weight excluding hydrogens is 277 g/mol. The van der Waals surface area contributed by atoms with Gasteiger partial charge in [0, 0.05) is 35.1 Å². The molecule has 0 aliphatic rings. The summed E-state index contributed by atoms with van der Waals surface area (Å²) >= 11 is 0. The molecule has 1 aromatic rings. The molecule has 18 heavy (non-hydrogen) atoms. The monoisotopic (exact) mass is 293 g/mol. The maximum atomic E-state index is 13.2. The van der Waals surface area contributed by atoms with E-state index >= 15 is 0 Å². The van der Waals surface area contributed by atoms with Crippen LogP contribution in [0.4, 0.5) is 4.39 Å². The van der Waals surface area contributed by atoms with Crippen molar-refractivity contribution in [3.63, 3.8) is 0 Å². The molecule has 0 aliphatic heterocycles. The maximum absolute atomic E-state index is 13.2. The van der Waals surface area contributed by atoms with Crippen LogP contribution in [0.5, 0.6) is 0 Å². The highest BCUT2D eigenvalue weighted by molar-refractivity contribution is 7.92. The topological polar surface area (TPSA) is 77.2 Å². The van der Waals surface area contributed by atoms with Gasteiger partial charge in [0.15, 0.2) is 0 Å². The third kappa shape index (κ3) is 5.70. The maximum Gasteiger partial charge on any atom is 0.148 e. The Morgan fingerprint density at radius 2 is 1.89 bits per heavy atom. The van der Waals surface area contributed by atoms with Crippen molar-refractivity contribution in [2.24, 2.45) is 5.73 Å². The van der Waals surface area contributed by atoms with Crippen LogP contribution in [0.25, 0.3) is 0 Å². The average Bonchev–Trinajstić information content (AvgIpc) is 2.24. The second kappa shape index (κ2) is 6.40. The highest BCUT2D eigenvalue weighted by Crippen LogP contribution is 2.11. The molecule has 1 unspecified atom stereocenters. The summed E-state index contributed by atoms with van der Waals surface area (Å²) in [6, 6.07) is 4.29. The van der Waals surface area contributed by atoms with Crippen LogP contribution in [-0.2, 0) is 32.9 Å². The molecule has 1 rings (SSSR count). The van der Waals surface area contributed by atoms with E-state index in [1.54, 1.807) is 6.07 Å². The molecule has 4 nitrogen and oxygen atoms in total. The predicted molar refractivity (Wildman–Crippen MR) is 70.7 cm³/mol. The molecule has 0 aromatic heterocycles. The highest BCUT2D eigenvalue weighted by atomic mass is 32.2. The second-order valence-electron chi connectivity index (χ2n) is 4.09. The summed E-state index contributed by atoms with van der Waals surface area (Å²) in [7, 11) is -4.44. The Kier molecular flexibility index (Phi) is 5.43. The molecule has 102 valence electrons. The summed E-state index contributed by atoms with van der Waals surface area (Å²) < 4.78 is 46.7. The Labute approximate surface area is 109 Å². The van der Waals surface area contributed by atoms with Crippen LogP contribution in [-0.4, -0.2) is 30.4 Å². The largest absolute Gasteiger partial charge is 0.326 e. The van der Waals surface area contributed by atoms with Gasteiger partial charge >= 0.3 is 0 Å². The summed E-state index contributed by atoms with van der Waals surface area (Å²) in [6.45, 7) is 0.209. The van der Waals surface area contributed by atoms with E-state index in [0.29, 0.717) is 11.1 Å². The predicted octanol–water partition coefficient (Wildman–Crippen LogP) is 0.578. The summed E-state index contributed by atoms with van der Waals surface area (Å²) in [5.41, 5.74) is 6.61. The summed E-state index contributed by atoms with van der Waals surface area (Å²) in [5, 5.41) is 0. The Balaban J connectivity index is 2.67. The molecule has 1 atom stereocenters. The first-order valence-corrected chi connectivity index (χ1v) is 8.86. The summed E-state index contributed by atoms with van der Waals surface area (Å²) in [4.78, 5) is 0. The first-order chi connectivity index (χ1) is 8.30. The molecule has 0 bridgehead atoms. The third-order valence-corrected chi connectivity index (χ3v) is 4.78. The number of nitrogens with two attached hydrogens (primary N) is 1. The lowest BCUT2D eigenvalue weighted by atomic mass is 10.1. The van der Waals surface area contributed by atoms with E-state index in [2.05, 4.69) is 0 Å². The lowest BCUT2D eigenvalue weighted by molar-refractivity contribution is 0.602. The number of benzene rings is 1. The Morgan fingerprint density at radius 1 is 1.28 bits per heavy atom. The lowest BCUT2D eigenvalue weighted by Gasteiger charge is -2.05. The first-order valence-electron chi connectivity index (χ1n) is 5.31. The fourth-order valence-corrected chi connectivity index (χ4v) is 4.06. The lowest BCUT2D eigenvalue weighted by Crippen LogP contribution is -2.13. The van der Waals surface area contributed by atoms with E-state index in [1.807, 2.05) is 0 Å². The van der Waals surface area contributed by atoms with Gasteiger partial charge in [-0.05, 0) is 23.3 Å². The van der Waals surface area contributed by atoms with Gasteiger partial charge in [-0.25, -0.2) is 12.8 Å². The summed E-state index contributed by atoms with van der Waals surface area (Å²) in [6.07, 6.45) is 1.10. The molecule has 0 saturated carbocycles. The van der Waals surface area contributed by atoms with Crippen LogP contribution < -0.4 is 5.73 Å². The van der Waals surface area contributed by atoms with Crippen LogP contribution in [0.2, 0.25) is 0 Å². The first kappa shape index (κ1) is 15.3. The third-order valence-electron chi connectivity index (χ3n) is 2.26. The van der Waals surface area contributed by atoms with E-state index < -0.39 is 26.5 Å². The molecule has 0 spiro atoms. The van der Waals surface area contributed by atoms with Crippen molar-refractivity contribution in [3.05, 3.63) is 35.1 Å². The Bertz CT molecular complexity index is 543. The van der Waals surface area contributed by atoms with Crippen molar-refractivity contribution in [2.75, 3.05) is 17.8 Å². The van der Waals surface area contributed by atoms with E-state index in [9.17, 15) is 17.0 Å². The number of sulfone groups is 1. The van der Waals surface area contributed by atoms with Gasteiger partial charge in [0.25, 0.3) is 0 Å². The highest BCUT2D eigenvalue weighted by Gasteiger charge is 2.09. The fraction of sp³-hybridized carbons (Fsp3) is 0.455. The van der Waals surface area contributed by atoms with Crippen LogP contribution in [0, 0.1) is 5.82 Å². The van der Waals surface area contributed by atoms with Gasteiger partial charge in [-0.1, -0.05) is 6.07 Å². The SMILES string of the molecule is CS(=O)(=O)CCS(=O)Cc1cc(F)cc(CN)c1. The fourth-order valence-electron chi connectivity index (χ4n) is 1.42. The number of hydrogen-bond acceptors (Lipinski definition) is 4. The molecule has 0 fully saturated rings. The van der Waals surface area contributed by atoms with Gasteiger partial charge in [-0.15, -0.1) is 0 Å². The minimum Gasteiger partial charge on any atom is -0.326 e. The quantitative estimate of drug-likeness (QED) is 0.832. The molecule has 0 aliphatic carbocycles. The molecule has 0 radical (unpaired) electrons. The normalized spacial score (nSPS) is 13.5. The van der Waals surface area contributed by atoms with Crippen LogP contribution in [0.3, 0.4) is 0 Å². The van der Waals surface area contributed by atoms with Crippen molar-refractivity contribution >= 4 is 20.6 Å². The average molecular weight is 293 g/mol. The van der Waals surface area contributed by atoms with Crippen molar-refractivity contribution in [3.8, 4) is 0 Å². The Morgan fingerprint density at radius 3 is 2.44 bits per heavy atom. The van der Waals surface area contributed by atoms with E-state index in [4.69, 9.17) is 5.73 Å². The Hall–Kier alpha value is -0.790. The molecule has 0 heterocycles. The van der Waals surface area contributed by atoms with E-state index in [1.165, 1.54) is 12.1 Å². The van der Waals surface area contributed by atoms with Crippen LogP contribution in [0.15, 0.2) is 18.2 Å². The number of halogens is 1. The zero-order valence-electron chi connectivity index (χ0n) is 10.1. The minimum absolute atomic E-state index is 0.0628. The minimum atomic E-state index is -3.12. The van der Waals surface area contributed by atoms with Crippen molar-refractivity contribution in [2.45, 2.75) is 12.3 Å². The van der Waals surface area contributed by atoms with Crippen LogP contribution in [0.1, 0.15) is 11.1 Å². The molecular formula is C11H16FNO3S2. The summed E-state index contributed by atoms with van der Waals surface area (Å²) in [5.74, 6) is -0.347. The smallest absolute Gasteiger partial charge is 0.148 e. The molecule has 0 saturated heterocycles. The number of rotatable bonds is 6.